The lowest BCUT2D eigenvalue weighted by Crippen LogP contribution is -2.56. The summed E-state index contributed by atoms with van der Waals surface area (Å²) in [5, 5.41) is 14.3. The first kappa shape index (κ1) is 14.4. The van der Waals surface area contributed by atoms with Gasteiger partial charge in [0, 0.05) is 11.6 Å². The lowest BCUT2D eigenvalue weighted by atomic mass is 9.80. The highest BCUT2D eigenvalue weighted by Crippen LogP contribution is 2.42. The molecule has 106 valence electrons. The average molecular weight is 263 g/mol. The summed E-state index contributed by atoms with van der Waals surface area (Å²) < 4.78 is 6.15. The summed E-state index contributed by atoms with van der Waals surface area (Å²) in [4.78, 5) is 0. The van der Waals surface area contributed by atoms with Crippen molar-refractivity contribution < 1.29 is 9.84 Å². The van der Waals surface area contributed by atoms with Crippen LogP contribution in [-0.4, -0.2) is 22.9 Å². The van der Waals surface area contributed by atoms with Gasteiger partial charge in [0.15, 0.2) is 0 Å². The number of aliphatic hydroxyl groups excluding tert-OH is 1. The third-order valence-electron chi connectivity index (χ3n) is 4.13. The van der Waals surface area contributed by atoms with E-state index >= 15 is 0 Å². The first-order chi connectivity index (χ1) is 9.04. The van der Waals surface area contributed by atoms with Gasteiger partial charge in [-0.15, -0.1) is 0 Å². The molecular weight excluding hydrogens is 238 g/mol. The Bertz CT molecular complexity index is 427. The normalized spacial score (nSPS) is 24.9. The second-order valence-corrected chi connectivity index (χ2v) is 5.66. The quantitative estimate of drug-likeness (QED) is 0.877. The van der Waals surface area contributed by atoms with Crippen molar-refractivity contribution in [3.63, 3.8) is 0 Å². The SMILES string of the molecule is CCC1(CC)Oc2ccccc2[C@@H](NC(C)C)[C@@H]1O. The fourth-order valence-electron chi connectivity index (χ4n) is 2.94. The lowest BCUT2D eigenvalue weighted by Gasteiger charge is -2.46. The molecule has 0 unspecified atom stereocenters. The van der Waals surface area contributed by atoms with Gasteiger partial charge in [-0.05, 0) is 18.9 Å². The van der Waals surface area contributed by atoms with Gasteiger partial charge in [0.05, 0.1) is 6.04 Å². The molecule has 1 aromatic rings. The van der Waals surface area contributed by atoms with Crippen LogP contribution in [0.15, 0.2) is 24.3 Å². The van der Waals surface area contributed by atoms with E-state index in [1.54, 1.807) is 0 Å². The van der Waals surface area contributed by atoms with Gasteiger partial charge in [-0.25, -0.2) is 0 Å². The number of hydrogen-bond acceptors (Lipinski definition) is 3. The highest BCUT2D eigenvalue weighted by molar-refractivity contribution is 5.40. The summed E-state index contributed by atoms with van der Waals surface area (Å²) in [7, 11) is 0. The van der Waals surface area contributed by atoms with E-state index in [-0.39, 0.29) is 6.04 Å². The second kappa shape index (κ2) is 5.51. The molecule has 1 aromatic carbocycles. The zero-order chi connectivity index (χ0) is 14.0. The number of aliphatic hydroxyl groups is 1. The molecule has 3 heteroatoms. The number of para-hydroxylation sites is 1. The van der Waals surface area contributed by atoms with E-state index in [1.165, 1.54) is 0 Å². The van der Waals surface area contributed by atoms with E-state index in [2.05, 4.69) is 33.0 Å². The van der Waals surface area contributed by atoms with E-state index in [0.29, 0.717) is 6.04 Å². The van der Waals surface area contributed by atoms with Crippen molar-refractivity contribution in [3.05, 3.63) is 29.8 Å². The van der Waals surface area contributed by atoms with E-state index in [4.69, 9.17) is 4.74 Å². The third-order valence-corrected chi connectivity index (χ3v) is 4.13. The lowest BCUT2D eigenvalue weighted by molar-refractivity contribution is -0.0932. The third kappa shape index (κ3) is 2.49. The van der Waals surface area contributed by atoms with Crippen LogP contribution in [0.5, 0.6) is 5.75 Å². The Morgan fingerprint density at radius 1 is 1.26 bits per heavy atom. The molecule has 0 fully saturated rings. The Hall–Kier alpha value is -1.06. The summed E-state index contributed by atoms with van der Waals surface area (Å²) in [6.07, 6.45) is 1.07. The molecule has 0 radical (unpaired) electrons. The fraction of sp³-hybridized carbons (Fsp3) is 0.625. The minimum Gasteiger partial charge on any atom is -0.484 e. The summed E-state index contributed by atoms with van der Waals surface area (Å²) >= 11 is 0. The Labute approximate surface area is 116 Å². The Morgan fingerprint density at radius 3 is 2.47 bits per heavy atom. The number of rotatable bonds is 4. The standard InChI is InChI=1S/C16H25NO2/c1-5-16(6-2)15(18)14(17-11(3)4)12-9-7-8-10-13(12)19-16/h7-11,14-15,17-18H,5-6H2,1-4H3/t14-,15+/m1/s1. The van der Waals surface area contributed by atoms with Gasteiger partial charge in [0.25, 0.3) is 0 Å². The predicted octanol–water partition coefficient (Wildman–Crippen LogP) is 3.04. The monoisotopic (exact) mass is 263 g/mol. The molecule has 1 heterocycles. The Morgan fingerprint density at radius 2 is 1.89 bits per heavy atom. The highest BCUT2D eigenvalue weighted by atomic mass is 16.5. The zero-order valence-electron chi connectivity index (χ0n) is 12.3. The van der Waals surface area contributed by atoms with Crippen molar-refractivity contribution in [2.45, 2.75) is 64.3 Å². The predicted molar refractivity (Wildman–Crippen MR) is 77.4 cm³/mol. The molecule has 2 rings (SSSR count). The van der Waals surface area contributed by atoms with Crippen LogP contribution in [-0.2, 0) is 0 Å². The molecular formula is C16H25NO2. The number of benzene rings is 1. The maximum atomic E-state index is 10.8. The largest absolute Gasteiger partial charge is 0.484 e. The van der Waals surface area contributed by atoms with Gasteiger partial charge in [-0.3, -0.25) is 0 Å². The van der Waals surface area contributed by atoms with Crippen LogP contribution in [0.1, 0.15) is 52.1 Å². The molecule has 2 atom stereocenters. The van der Waals surface area contributed by atoms with Crippen molar-refractivity contribution in [1.82, 2.24) is 5.32 Å². The molecule has 2 N–H and O–H groups in total. The first-order valence-electron chi connectivity index (χ1n) is 7.26. The molecule has 3 nitrogen and oxygen atoms in total. The minimum absolute atomic E-state index is 0.0650. The maximum absolute atomic E-state index is 10.8. The van der Waals surface area contributed by atoms with Crippen molar-refractivity contribution >= 4 is 0 Å². The Balaban J connectivity index is 2.45. The fourth-order valence-corrected chi connectivity index (χ4v) is 2.94. The van der Waals surface area contributed by atoms with E-state index < -0.39 is 11.7 Å². The van der Waals surface area contributed by atoms with Crippen LogP contribution in [0, 0.1) is 0 Å². The van der Waals surface area contributed by atoms with Gasteiger partial charge in [0.2, 0.25) is 0 Å². The van der Waals surface area contributed by atoms with E-state index in [9.17, 15) is 5.11 Å². The van der Waals surface area contributed by atoms with Crippen molar-refractivity contribution in [2.75, 3.05) is 0 Å². The number of fused-ring (bicyclic) bond motifs is 1. The summed E-state index contributed by atoms with van der Waals surface area (Å²) in [6, 6.07) is 8.26. The van der Waals surface area contributed by atoms with E-state index in [1.807, 2.05) is 24.3 Å². The molecule has 0 amide bonds. The topological polar surface area (TPSA) is 41.5 Å². The van der Waals surface area contributed by atoms with Crippen LogP contribution >= 0.6 is 0 Å². The molecule has 1 aliphatic rings. The number of nitrogens with one attached hydrogen (secondary N) is 1. The van der Waals surface area contributed by atoms with Crippen LogP contribution in [0.25, 0.3) is 0 Å². The minimum atomic E-state index is -0.528. The van der Waals surface area contributed by atoms with Crippen LogP contribution in [0.4, 0.5) is 0 Å². The number of hydrogen-bond donors (Lipinski definition) is 2. The highest BCUT2D eigenvalue weighted by Gasteiger charge is 2.46. The molecule has 0 saturated heterocycles. The molecule has 19 heavy (non-hydrogen) atoms. The molecule has 0 aromatic heterocycles. The summed E-state index contributed by atoms with van der Waals surface area (Å²) in [5.74, 6) is 0.898. The van der Waals surface area contributed by atoms with Crippen molar-refractivity contribution in [3.8, 4) is 5.75 Å². The first-order valence-corrected chi connectivity index (χ1v) is 7.26. The van der Waals surface area contributed by atoms with E-state index in [0.717, 1.165) is 24.2 Å². The maximum Gasteiger partial charge on any atom is 0.136 e. The number of ether oxygens (including phenoxy) is 1. The van der Waals surface area contributed by atoms with Gasteiger partial charge in [-0.1, -0.05) is 45.9 Å². The van der Waals surface area contributed by atoms with Crippen molar-refractivity contribution in [1.29, 1.82) is 0 Å². The van der Waals surface area contributed by atoms with Gasteiger partial charge < -0.3 is 15.2 Å². The average Bonchev–Trinajstić information content (AvgIpc) is 2.41. The molecule has 0 spiro atoms. The van der Waals surface area contributed by atoms with Gasteiger partial charge in [-0.2, -0.15) is 0 Å². The van der Waals surface area contributed by atoms with Crippen LogP contribution < -0.4 is 10.1 Å². The summed E-state index contributed by atoms with van der Waals surface area (Å²) in [5.41, 5.74) is 0.571. The molecule has 0 bridgehead atoms. The van der Waals surface area contributed by atoms with Crippen LogP contribution in [0.2, 0.25) is 0 Å². The molecule has 0 saturated carbocycles. The van der Waals surface area contributed by atoms with Crippen LogP contribution in [0.3, 0.4) is 0 Å². The molecule has 0 aliphatic carbocycles. The van der Waals surface area contributed by atoms with Gasteiger partial charge >= 0.3 is 0 Å². The van der Waals surface area contributed by atoms with Gasteiger partial charge in [0.1, 0.15) is 17.5 Å². The zero-order valence-corrected chi connectivity index (χ0v) is 12.3. The van der Waals surface area contributed by atoms with Crippen molar-refractivity contribution in [2.24, 2.45) is 0 Å². The summed E-state index contributed by atoms with van der Waals surface area (Å²) in [6.45, 7) is 8.36. The molecule has 1 aliphatic heterocycles. The second-order valence-electron chi connectivity index (χ2n) is 5.66. The smallest absolute Gasteiger partial charge is 0.136 e. The Kier molecular flexibility index (Phi) is 4.16.